The molecule has 0 aliphatic heterocycles. The Morgan fingerprint density at radius 1 is 1.12 bits per heavy atom. The van der Waals surface area contributed by atoms with Gasteiger partial charge < -0.3 is 5.32 Å². The predicted molar refractivity (Wildman–Crippen MR) is 84.3 cm³/mol. The lowest BCUT2D eigenvalue weighted by Gasteiger charge is -2.12. The van der Waals surface area contributed by atoms with Crippen LogP contribution in [0.2, 0.25) is 0 Å². The van der Waals surface area contributed by atoms with Crippen LogP contribution < -0.4 is 5.32 Å². The zero-order chi connectivity index (χ0) is 17.7. The summed E-state index contributed by atoms with van der Waals surface area (Å²) in [5.74, 6) is -1.64. The number of amides is 1. The van der Waals surface area contributed by atoms with E-state index in [9.17, 15) is 28.1 Å². The van der Waals surface area contributed by atoms with E-state index < -0.39 is 22.8 Å². The van der Waals surface area contributed by atoms with Crippen LogP contribution in [0.5, 0.6) is 0 Å². The molecule has 2 aromatic rings. The molecule has 0 radical (unpaired) electrons. The molecule has 0 aliphatic rings. The number of nitrogens with zero attached hydrogens (tertiary/aromatic N) is 1. The second kappa shape index (κ2) is 7.35. The molecule has 0 unspecified atom stereocenters. The molecule has 0 heterocycles. The van der Waals surface area contributed by atoms with Crippen molar-refractivity contribution < 1.29 is 22.9 Å². The van der Waals surface area contributed by atoms with Gasteiger partial charge in [0, 0.05) is 22.6 Å². The maximum atomic E-state index is 12.3. The number of alkyl halides is 3. The van der Waals surface area contributed by atoms with Crippen molar-refractivity contribution >= 4 is 29.0 Å². The number of nitro benzene ring substituents is 1. The molecule has 0 atom stereocenters. The molecule has 1 amide bonds. The molecule has 2 rings (SSSR count). The Morgan fingerprint density at radius 3 is 2.33 bits per heavy atom. The normalized spacial score (nSPS) is 11.1. The number of anilines is 1. The van der Waals surface area contributed by atoms with Crippen LogP contribution in [0.15, 0.2) is 53.4 Å². The molecule has 1 N–H and O–H groups in total. The van der Waals surface area contributed by atoms with Crippen molar-refractivity contribution in [3.8, 4) is 0 Å². The number of thioether (sulfide) groups is 1. The van der Waals surface area contributed by atoms with E-state index in [4.69, 9.17) is 0 Å². The van der Waals surface area contributed by atoms with Crippen molar-refractivity contribution in [1.82, 2.24) is 0 Å². The summed E-state index contributed by atoms with van der Waals surface area (Å²) in [5.41, 5.74) is 0.249. The molecular formula is C15H11F3N2O3S. The molecule has 126 valence electrons. The van der Waals surface area contributed by atoms with Gasteiger partial charge in [0.1, 0.15) is 0 Å². The number of nitrogens with one attached hydrogen (secondary N) is 1. The van der Waals surface area contributed by atoms with Gasteiger partial charge in [0.2, 0.25) is 0 Å². The number of benzene rings is 2. The first-order chi connectivity index (χ1) is 11.3. The highest BCUT2D eigenvalue weighted by molar-refractivity contribution is 7.99. The predicted octanol–water partition coefficient (Wildman–Crippen LogP) is 4.50. The first kappa shape index (κ1) is 17.8. The summed E-state index contributed by atoms with van der Waals surface area (Å²) in [6.45, 7) is 0. The zero-order valence-corrected chi connectivity index (χ0v) is 12.9. The topological polar surface area (TPSA) is 72.2 Å². The Morgan fingerprint density at radius 2 is 1.75 bits per heavy atom. The van der Waals surface area contributed by atoms with Crippen LogP contribution >= 0.6 is 11.8 Å². The molecule has 0 saturated carbocycles. The van der Waals surface area contributed by atoms with Crippen molar-refractivity contribution in [3.63, 3.8) is 0 Å². The lowest BCUT2D eigenvalue weighted by Crippen LogP contribution is -2.14. The van der Waals surface area contributed by atoms with E-state index in [1.54, 1.807) is 12.1 Å². The fraction of sp³-hybridized carbons (Fsp3) is 0.133. The number of non-ortho nitro benzene ring substituents is 1. The Kier molecular flexibility index (Phi) is 5.45. The minimum atomic E-state index is -4.32. The lowest BCUT2D eigenvalue weighted by atomic mass is 10.2. The van der Waals surface area contributed by atoms with Crippen LogP contribution in [0.1, 0.15) is 10.4 Å². The molecule has 0 spiro atoms. The summed E-state index contributed by atoms with van der Waals surface area (Å²) in [4.78, 5) is 22.4. The molecule has 0 aromatic heterocycles. The van der Waals surface area contributed by atoms with Gasteiger partial charge in [0.15, 0.2) is 0 Å². The molecule has 0 fully saturated rings. The number of para-hydroxylation sites is 1. The lowest BCUT2D eigenvalue weighted by molar-refractivity contribution is -0.384. The first-order valence-electron chi connectivity index (χ1n) is 6.60. The number of rotatable bonds is 5. The van der Waals surface area contributed by atoms with E-state index in [0.717, 1.165) is 0 Å². The summed E-state index contributed by atoms with van der Waals surface area (Å²) < 4.78 is 37.0. The van der Waals surface area contributed by atoms with Crippen LogP contribution in [0.4, 0.5) is 24.5 Å². The van der Waals surface area contributed by atoms with Crippen LogP contribution in [0.3, 0.4) is 0 Å². The van der Waals surface area contributed by atoms with E-state index in [2.05, 4.69) is 5.32 Å². The Hall–Kier alpha value is -2.55. The van der Waals surface area contributed by atoms with Crippen molar-refractivity contribution in [1.29, 1.82) is 0 Å². The van der Waals surface area contributed by atoms with E-state index >= 15 is 0 Å². The van der Waals surface area contributed by atoms with Gasteiger partial charge in [-0.25, -0.2) is 0 Å². The van der Waals surface area contributed by atoms with E-state index in [-0.39, 0.29) is 21.8 Å². The van der Waals surface area contributed by atoms with Gasteiger partial charge in [-0.3, -0.25) is 14.9 Å². The van der Waals surface area contributed by atoms with E-state index in [1.807, 2.05) is 0 Å². The summed E-state index contributed by atoms with van der Waals surface area (Å²) in [7, 11) is 0. The Balaban J connectivity index is 2.12. The highest BCUT2D eigenvalue weighted by atomic mass is 32.2. The second-order valence-corrected chi connectivity index (χ2v) is 5.68. The van der Waals surface area contributed by atoms with Crippen molar-refractivity contribution in [2.24, 2.45) is 0 Å². The van der Waals surface area contributed by atoms with Gasteiger partial charge in [-0.15, -0.1) is 11.8 Å². The number of halogens is 3. The fourth-order valence-corrected chi connectivity index (χ4v) is 2.55. The molecule has 0 aliphatic carbocycles. The third kappa shape index (κ3) is 4.98. The van der Waals surface area contributed by atoms with Crippen LogP contribution in [0, 0.1) is 10.1 Å². The van der Waals surface area contributed by atoms with Crippen molar-refractivity contribution in [2.75, 3.05) is 11.1 Å². The van der Waals surface area contributed by atoms with Gasteiger partial charge in [0.05, 0.1) is 16.4 Å². The number of hydrogen-bond donors (Lipinski definition) is 1. The average Bonchev–Trinajstić information content (AvgIpc) is 2.53. The third-order valence-electron chi connectivity index (χ3n) is 2.87. The fourth-order valence-electron chi connectivity index (χ4n) is 1.78. The maximum absolute atomic E-state index is 12.3. The van der Waals surface area contributed by atoms with E-state index in [1.165, 1.54) is 36.4 Å². The molecule has 2 aromatic carbocycles. The summed E-state index contributed by atoms with van der Waals surface area (Å²) in [6, 6.07) is 11.0. The molecule has 24 heavy (non-hydrogen) atoms. The number of carbonyl (C=O) groups excluding carboxylic acids is 1. The number of carbonyl (C=O) groups is 1. The van der Waals surface area contributed by atoms with E-state index in [0.29, 0.717) is 11.8 Å². The summed E-state index contributed by atoms with van der Waals surface area (Å²) in [5, 5.41) is 13.1. The quantitative estimate of drug-likeness (QED) is 0.486. The molecule has 0 bridgehead atoms. The second-order valence-electron chi connectivity index (χ2n) is 4.66. The first-order valence-corrected chi connectivity index (χ1v) is 7.59. The van der Waals surface area contributed by atoms with Gasteiger partial charge in [-0.1, -0.05) is 12.1 Å². The maximum Gasteiger partial charge on any atom is 0.398 e. The summed E-state index contributed by atoms with van der Waals surface area (Å²) in [6.07, 6.45) is -4.32. The smallest absolute Gasteiger partial charge is 0.321 e. The minimum Gasteiger partial charge on any atom is -0.321 e. The SMILES string of the molecule is O=C(Nc1ccccc1SCC(F)(F)F)c1ccc([N+](=O)[O-])cc1. The Bertz CT molecular complexity index is 748. The molecule has 9 heteroatoms. The summed E-state index contributed by atoms with van der Waals surface area (Å²) >= 11 is 0.568. The van der Waals surface area contributed by atoms with Gasteiger partial charge in [-0.05, 0) is 24.3 Å². The highest BCUT2D eigenvalue weighted by Gasteiger charge is 2.27. The van der Waals surface area contributed by atoms with Crippen molar-refractivity contribution in [3.05, 3.63) is 64.2 Å². The standard InChI is InChI=1S/C15H11F3N2O3S/c16-15(17,18)9-24-13-4-2-1-3-12(13)19-14(21)10-5-7-11(8-6-10)20(22)23/h1-8H,9H2,(H,19,21). The Labute approximate surface area is 139 Å². The average molecular weight is 356 g/mol. The highest BCUT2D eigenvalue weighted by Crippen LogP contribution is 2.32. The third-order valence-corrected chi connectivity index (χ3v) is 4.01. The monoisotopic (exact) mass is 356 g/mol. The van der Waals surface area contributed by atoms with Gasteiger partial charge >= 0.3 is 6.18 Å². The van der Waals surface area contributed by atoms with Gasteiger partial charge in [0.25, 0.3) is 11.6 Å². The van der Waals surface area contributed by atoms with Crippen LogP contribution in [-0.2, 0) is 0 Å². The van der Waals surface area contributed by atoms with Crippen LogP contribution in [-0.4, -0.2) is 22.8 Å². The zero-order valence-electron chi connectivity index (χ0n) is 12.0. The van der Waals surface area contributed by atoms with Crippen LogP contribution in [0.25, 0.3) is 0 Å². The number of nitro groups is 1. The molecule has 5 nitrogen and oxygen atoms in total. The molecule has 0 saturated heterocycles. The molecular weight excluding hydrogens is 345 g/mol. The largest absolute Gasteiger partial charge is 0.398 e. The number of hydrogen-bond acceptors (Lipinski definition) is 4. The minimum absolute atomic E-state index is 0.160. The van der Waals surface area contributed by atoms with Crippen molar-refractivity contribution in [2.45, 2.75) is 11.1 Å². The van der Waals surface area contributed by atoms with Gasteiger partial charge in [-0.2, -0.15) is 13.2 Å².